The van der Waals surface area contributed by atoms with Gasteiger partial charge in [-0.15, -0.1) is 0 Å². The molecule has 11 heteroatoms. The van der Waals surface area contributed by atoms with Crippen LogP contribution >= 0.6 is 0 Å². The van der Waals surface area contributed by atoms with Gasteiger partial charge in [0.15, 0.2) is 11.5 Å². The molecule has 27 heavy (non-hydrogen) atoms. The Kier molecular flexibility index (Phi) is 4.85. The van der Waals surface area contributed by atoms with Gasteiger partial charge in [-0.2, -0.15) is 13.2 Å². The van der Waals surface area contributed by atoms with Crippen molar-refractivity contribution in [2.75, 3.05) is 19.2 Å². The van der Waals surface area contributed by atoms with Crippen LogP contribution in [-0.2, 0) is 14.3 Å². The van der Waals surface area contributed by atoms with Crippen LogP contribution < -0.4 is 20.1 Å². The summed E-state index contributed by atoms with van der Waals surface area (Å²) in [5, 5.41) is 3.82. The molecule has 1 saturated carbocycles. The van der Waals surface area contributed by atoms with Gasteiger partial charge in [-0.3, -0.25) is 9.59 Å². The number of ether oxygens (including phenoxy) is 3. The quantitative estimate of drug-likeness (QED) is 0.600. The number of hydrogen-bond acceptors (Lipinski definition) is 6. The molecule has 1 atom stereocenters. The van der Waals surface area contributed by atoms with Crippen molar-refractivity contribution in [3.05, 3.63) is 17.7 Å². The second kappa shape index (κ2) is 6.97. The smallest absolute Gasteiger partial charge is 0.408 e. The number of halogens is 3. The number of amides is 2. The Bertz CT molecular complexity index is 791. The Morgan fingerprint density at radius 3 is 2.33 bits per heavy atom. The molecule has 1 aromatic rings. The molecule has 2 aliphatic rings. The number of fused-ring (bicyclic) bond motifs is 1. The van der Waals surface area contributed by atoms with E-state index in [0.717, 1.165) is 7.11 Å². The number of benzene rings is 1. The maximum atomic E-state index is 13.0. The SMILES string of the molecule is COC(=O)c1cc2c(cc1NC(=O)C(=O)NC(C1CC1)C(F)(F)F)OCO2. The average Bonchev–Trinajstić information content (AvgIpc) is 3.34. The lowest BCUT2D eigenvalue weighted by Crippen LogP contribution is -2.50. The molecule has 8 nitrogen and oxygen atoms in total. The number of nitrogens with one attached hydrogen (secondary N) is 2. The lowest BCUT2D eigenvalue weighted by molar-refractivity contribution is -0.166. The summed E-state index contributed by atoms with van der Waals surface area (Å²) in [4.78, 5) is 35.9. The first-order valence-electron chi connectivity index (χ1n) is 7.91. The average molecular weight is 388 g/mol. The van der Waals surface area contributed by atoms with Crippen LogP contribution in [0.1, 0.15) is 23.2 Å². The maximum absolute atomic E-state index is 13.0. The Hall–Kier alpha value is -2.98. The molecule has 2 amide bonds. The Morgan fingerprint density at radius 1 is 1.15 bits per heavy atom. The second-order valence-electron chi connectivity index (χ2n) is 6.03. The molecule has 0 aromatic heterocycles. The number of carbonyl (C=O) groups is 3. The van der Waals surface area contributed by atoms with Crippen LogP contribution in [0.15, 0.2) is 12.1 Å². The summed E-state index contributed by atoms with van der Waals surface area (Å²) < 4.78 is 53.8. The molecule has 1 fully saturated rings. The number of alkyl halides is 3. The van der Waals surface area contributed by atoms with Crippen LogP contribution in [0.4, 0.5) is 18.9 Å². The van der Waals surface area contributed by atoms with Crippen LogP contribution in [0.2, 0.25) is 0 Å². The number of rotatable bonds is 4. The molecule has 2 N–H and O–H groups in total. The molecule has 1 unspecified atom stereocenters. The van der Waals surface area contributed by atoms with Crippen molar-refractivity contribution in [3.63, 3.8) is 0 Å². The minimum atomic E-state index is -4.66. The summed E-state index contributed by atoms with van der Waals surface area (Å²) in [6.07, 6.45) is -4.02. The van der Waals surface area contributed by atoms with Crippen molar-refractivity contribution in [3.8, 4) is 11.5 Å². The third kappa shape index (κ3) is 4.07. The molecule has 0 saturated heterocycles. The Balaban J connectivity index is 1.77. The van der Waals surface area contributed by atoms with E-state index in [-0.39, 0.29) is 29.5 Å². The van der Waals surface area contributed by atoms with Crippen molar-refractivity contribution in [1.29, 1.82) is 0 Å². The van der Waals surface area contributed by atoms with Gasteiger partial charge in [0.25, 0.3) is 0 Å². The molecular formula is C16H15F3N2O6. The van der Waals surface area contributed by atoms with Crippen molar-refractivity contribution in [2.24, 2.45) is 5.92 Å². The summed E-state index contributed by atoms with van der Waals surface area (Å²) in [7, 11) is 1.11. The highest BCUT2D eigenvalue weighted by molar-refractivity contribution is 6.40. The zero-order chi connectivity index (χ0) is 19.8. The van der Waals surface area contributed by atoms with Crippen LogP contribution in [-0.4, -0.2) is 43.9 Å². The second-order valence-corrected chi connectivity index (χ2v) is 6.03. The first-order valence-corrected chi connectivity index (χ1v) is 7.91. The molecule has 3 rings (SSSR count). The third-order valence-corrected chi connectivity index (χ3v) is 4.11. The summed E-state index contributed by atoms with van der Waals surface area (Å²) in [6, 6.07) is 0.374. The van der Waals surface area contributed by atoms with Gasteiger partial charge in [0.1, 0.15) is 6.04 Å². The normalized spacial score (nSPS) is 16.4. The van der Waals surface area contributed by atoms with Crippen LogP contribution in [0.3, 0.4) is 0 Å². The van der Waals surface area contributed by atoms with E-state index < -0.39 is 35.9 Å². The number of methoxy groups -OCH3 is 1. The molecule has 1 heterocycles. The zero-order valence-electron chi connectivity index (χ0n) is 14.0. The predicted octanol–water partition coefficient (Wildman–Crippen LogP) is 1.60. The van der Waals surface area contributed by atoms with E-state index in [2.05, 4.69) is 10.1 Å². The van der Waals surface area contributed by atoms with Crippen molar-refractivity contribution in [1.82, 2.24) is 5.32 Å². The van der Waals surface area contributed by atoms with E-state index in [9.17, 15) is 27.6 Å². The fourth-order valence-electron chi connectivity index (χ4n) is 2.61. The molecular weight excluding hydrogens is 373 g/mol. The monoisotopic (exact) mass is 388 g/mol. The molecule has 1 aromatic carbocycles. The zero-order valence-corrected chi connectivity index (χ0v) is 14.0. The van der Waals surface area contributed by atoms with Crippen LogP contribution in [0, 0.1) is 5.92 Å². The Labute approximate surface area is 150 Å². The topological polar surface area (TPSA) is 103 Å². The standard InChI is InChI=1S/C16H15F3N2O6/c1-25-15(24)8-4-10-11(27-6-26-10)5-9(8)20-13(22)14(23)21-12(7-2-3-7)16(17,18)19/h4-5,7,12H,2-3,6H2,1H3,(H,20,22)(H,21,23). The van der Waals surface area contributed by atoms with Gasteiger partial charge in [-0.05, 0) is 18.8 Å². The first-order chi connectivity index (χ1) is 12.7. The van der Waals surface area contributed by atoms with Crippen molar-refractivity contribution < 1.29 is 41.8 Å². The van der Waals surface area contributed by atoms with Gasteiger partial charge in [-0.1, -0.05) is 0 Å². The highest BCUT2D eigenvalue weighted by Gasteiger charge is 2.50. The molecule has 1 aliphatic carbocycles. The van der Waals surface area contributed by atoms with Gasteiger partial charge in [-0.25, -0.2) is 4.79 Å². The number of esters is 1. The van der Waals surface area contributed by atoms with E-state index >= 15 is 0 Å². The van der Waals surface area contributed by atoms with Gasteiger partial charge in [0, 0.05) is 12.1 Å². The van der Waals surface area contributed by atoms with E-state index in [4.69, 9.17) is 9.47 Å². The van der Waals surface area contributed by atoms with Crippen LogP contribution in [0.5, 0.6) is 11.5 Å². The number of carbonyl (C=O) groups excluding carboxylic acids is 3. The van der Waals surface area contributed by atoms with E-state index in [1.165, 1.54) is 12.1 Å². The van der Waals surface area contributed by atoms with E-state index in [0.29, 0.717) is 12.8 Å². The summed E-state index contributed by atoms with van der Waals surface area (Å²) in [5.74, 6) is -3.96. The van der Waals surface area contributed by atoms with Crippen molar-refractivity contribution in [2.45, 2.75) is 25.1 Å². The van der Waals surface area contributed by atoms with Gasteiger partial charge < -0.3 is 24.8 Å². The van der Waals surface area contributed by atoms with Crippen molar-refractivity contribution >= 4 is 23.5 Å². The number of hydrogen-bond donors (Lipinski definition) is 2. The highest BCUT2D eigenvalue weighted by Crippen LogP contribution is 2.40. The number of anilines is 1. The largest absolute Gasteiger partial charge is 0.465 e. The Morgan fingerprint density at radius 2 is 1.78 bits per heavy atom. The molecule has 0 spiro atoms. The predicted molar refractivity (Wildman–Crippen MR) is 83.2 cm³/mol. The molecule has 146 valence electrons. The van der Waals surface area contributed by atoms with Gasteiger partial charge in [0.2, 0.25) is 6.79 Å². The fourth-order valence-corrected chi connectivity index (χ4v) is 2.61. The van der Waals surface area contributed by atoms with Gasteiger partial charge >= 0.3 is 24.0 Å². The molecule has 1 aliphatic heterocycles. The van der Waals surface area contributed by atoms with Gasteiger partial charge in [0.05, 0.1) is 18.4 Å². The minimum Gasteiger partial charge on any atom is -0.465 e. The fraction of sp³-hybridized carbons (Fsp3) is 0.438. The maximum Gasteiger partial charge on any atom is 0.408 e. The summed E-state index contributed by atoms with van der Waals surface area (Å²) in [5.41, 5.74) is -0.293. The summed E-state index contributed by atoms with van der Waals surface area (Å²) >= 11 is 0. The minimum absolute atomic E-state index is 0.109. The lowest BCUT2D eigenvalue weighted by atomic mass is 10.1. The summed E-state index contributed by atoms with van der Waals surface area (Å²) in [6.45, 7) is -0.109. The van der Waals surface area contributed by atoms with E-state index in [1.807, 2.05) is 0 Å². The lowest BCUT2D eigenvalue weighted by Gasteiger charge is -2.21. The third-order valence-electron chi connectivity index (χ3n) is 4.11. The molecule has 0 radical (unpaired) electrons. The highest BCUT2D eigenvalue weighted by atomic mass is 19.4. The molecule has 0 bridgehead atoms. The first kappa shape index (κ1) is 18.8. The van der Waals surface area contributed by atoms with Crippen LogP contribution in [0.25, 0.3) is 0 Å². The van der Waals surface area contributed by atoms with E-state index in [1.54, 1.807) is 5.32 Å².